The minimum absolute atomic E-state index is 0.000951. The topological polar surface area (TPSA) is 115 Å². The van der Waals surface area contributed by atoms with E-state index in [-0.39, 0.29) is 54.2 Å². The van der Waals surface area contributed by atoms with Crippen LogP contribution in [0.25, 0.3) is 22.3 Å². The zero-order valence-corrected chi connectivity index (χ0v) is 24.4. The van der Waals surface area contributed by atoms with Crippen molar-refractivity contribution in [1.82, 2.24) is 0 Å². The maximum Gasteiger partial charge on any atom is 0.239 e. The summed E-state index contributed by atoms with van der Waals surface area (Å²) in [6.07, 6.45) is 1.31. The Morgan fingerprint density at radius 2 is 1.61 bits per heavy atom. The summed E-state index contributed by atoms with van der Waals surface area (Å²) < 4.78 is 45.8. The number of hydrogen-bond acceptors (Lipinski definition) is 10. The van der Waals surface area contributed by atoms with Crippen LogP contribution in [0.3, 0.4) is 0 Å². The van der Waals surface area contributed by atoms with E-state index in [1.54, 1.807) is 44.6 Å². The molecule has 10 nitrogen and oxygen atoms in total. The Balaban J connectivity index is 1.71. The molecular formula is C31H38O10. The van der Waals surface area contributed by atoms with Crippen LogP contribution in [-0.4, -0.2) is 58.5 Å². The zero-order valence-electron chi connectivity index (χ0n) is 24.4. The third-order valence-corrected chi connectivity index (χ3v) is 8.42. The Labute approximate surface area is 239 Å². The average molecular weight is 571 g/mol. The first-order valence-corrected chi connectivity index (χ1v) is 13.6. The van der Waals surface area contributed by atoms with Crippen molar-refractivity contribution in [3.05, 3.63) is 46.1 Å². The van der Waals surface area contributed by atoms with Gasteiger partial charge in [-0.05, 0) is 55.9 Å². The average Bonchev–Trinajstić information content (AvgIpc) is 2.96. The molecule has 1 aliphatic heterocycles. The molecule has 10 heteroatoms. The van der Waals surface area contributed by atoms with E-state index in [0.29, 0.717) is 42.1 Å². The van der Waals surface area contributed by atoms with Crippen molar-refractivity contribution in [1.29, 1.82) is 0 Å². The summed E-state index contributed by atoms with van der Waals surface area (Å²) in [7, 11) is 4.57. The van der Waals surface area contributed by atoms with Gasteiger partial charge in [-0.2, -0.15) is 0 Å². The van der Waals surface area contributed by atoms with Crippen molar-refractivity contribution in [3.8, 4) is 34.3 Å². The molecule has 0 unspecified atom stereocenters. The van der Waals surface area contributed by atoms with Crippen molar-refractivity contribution in [2.75, 3.05) is 41.7 Å². The number of ether oxygens (including phenoxy) is 7. The fraction of sp³-hybridized carbons (Fsp3) is 0.516. The molecule has 0 radical (unpaired) electrons. The number of benzene rings is 2. The van der Waals surface area contributed by atoms with Gasteiger partial charge in [-0.15, -0.1) is 0 Å². The molecule has 2 aliphatic rings. The fourth-order valence-corrected chi connectivity index (χ4v) is 6.17. The van der Waals surface area contributed by atoms with E-state index in [0.717, 1.165) is 5.56 Å². The summed E-state index contributed by atoms with van der Waals surface area (Å²) in [6, 6.07) is 8.75. The summed E-state index contributed by atoms with van der Waals surface area (Å²) in [6.45, 7) is 6.14. The lowest BCUT2D eigenvalue weighted by molar-refractivity contribution is -0.137. The number of fused-ring (bicyclic) bond motifs is 4. The minimum Gasteiger partial charge on any atom is -0.486 e. The first-order chi connectivity index (χ1) is 19.6. The largest absolute Gasteiger partial charge is 0.486 e. The SMILES string of the molecule is COCOc1ccc(-c2oc3cc(OCOC)c4c(c3c(=O)c2OCOC)O[C@@]2(C)CC[C@H](O)C(C)(C)[C@@H]2C4)cc1. The van der Waals surface area contributed by atoms with Gasteiger partial charge >= 0.3 is 0 Å². The second kappa shape index (κ2) is 11.5. The highest BCUT2D eigenvalue weighted by atomic mass is 16.7. The molecule has 0 amide bonds. The van der Waals surface area contributed by atoms with Gasteiger partial charge in [0.1, 0.15) is 33.8 Å². The number of methoxy groups -OCH3 is 3. The van der Waals surface area contributed by atoms with Crippen molar-refractivity contribution < 1.29 is 42.7 Å². The number of aliphatic hydroxyl groups excluding tert-OH is 1. The second-order valence-electron chi connectivity index (χ2n) is 11.4. The summed E-state index contributed by atoms with van der Waals surface area (Å²) in [5.41, 5.74) is 0.211. The van der Waals surface area contributed by atoms with Crippen LogP contribution in [0, 0.1) is 11.3 Å². The molecule has 1 aromatic heterocycles. The van der Waals surface area contributed by atoms with Gasteiger partial charge in [0.25, 0.3) is 0 Å². The van der Waals surface area contributed by atoms with Gasteiger partial charge < -0.3 is 42.7 Å². The van der Waals surface area contributed by atoms with Crippen LogP contribution in [0.15, 0.2) is 39.5 Å². The minimum atomic E-state index is -0.612. The second-order valence-corrected chi connectivity index (χ2v) is 11.4. The maximum absolute atomic E-state index is 14.2. The third-order valence-electron chi connectivity index (χ3n) is 8.42. The molecule has 1 N–H and O–H groups in total. The molecule has 1 fully saturated rings. The standard InChI is InChI=1S/C31H38O10/c1-30(2)23-13-20-21(38-16-35-5)14-22-25(28(20)41-31(23,3)12-11-24(30)32)26(33)29(39-17-36-6)27(40-22)18-7-9-19(10-8-18)37-15-34-4/h7-10,14,23-24,32H,11-13,15-17H2,1-6H3/t23-,24-,31-/m0/s1. The number of hydrogen-bond donors (Lipinski definition) is 1. The first kappa shape index (κ1) is 29.2. The predicted octanol–water partition coefficient (Wildman–Crippen LogP) is 4.90. The van der Waals surface area contributed by atoms with Crippen molar-refractivity contribution in [3.63, 3.8) is 0 Å². The summed E-state index contributed by atoms with van der Waals surface area (Å²) in [5, 5.41) is 11.1. The Morgan fingerprint density at radius 3 is 2.29 bits per heavy atom. The van der Waals surface area contributed by atoms with Crippen LogP contribution in [0.4, 0.5) is 0 Å². The molecule has 5 rings (SSSR count). The van der Waals surface area contributed by atoms with E-state index in [9.17, 15) is 9.90 Å². The van der Waals surface area contributed by atoms with Gasteiger partial charge in [0, 0.05) is 44.4 Å². The Kier molecular flexibility index (Phi) is 8.20. The molecule has 0 saturated heterocycles. The summed E-state index contributed by atoms with van der Waals surface area (Å²) in [4.78, 5) is 14.2. The highest BCUT2D eigenvalue weighted by Gasteiger charge is 2.55. The number of aliphatic hydroxyl groups is 1. The van der Waals surface area contributed by atoms with Gasteiger partial charge in [0.2, 0.25) is 11.2 Å². The molecule has 1 aliphatic carbocycles. The van der Waals surface area contributed by atoms with Crippen molar-refractivity contribution >= 4 is 11.0 Å². The third kappa shape index (κ3) is 5.25. The summed E-state index contributed by atoms with van der Waals surface area (Å²) >= 11 is 0. The number of rotatable bonds is 10. The predicted molar refractivity (Wildman–Crippen MR) is 151 cm³/mol. The van der Waals surface area contributed by atoms with E-state index < -0.39 is 17.1 Å². The summed E-state index contributed by atoms with van der Waals surface area (Å²) in [5.74, 6) is 1.72. The van der Waals surface area contributed by atoms with Gasteiger partial charge in [0.15, 0.2) is 26.1 Å². The van der Waals surface area contributed by atoms with E-state index >= 15 is 0 Å². The van der Waals surface area contributed by atoms with Crippen LogP contribution < -0.4 is 24.4 Å². The van der Waals surface area contributed by atoms with Crippen LogP contribution in [-0.2, 0) is 20.6 Å². The Bertz CT molecular complexity index is 1440. The van der Waals surface area contributed by atoms with E-state index in [4.69, 9.17) is 37.6 Å². The quantitative estimate of drug-likeness (QED) is 0.338. The van der Waals surface area contributed by atoms with Crippen LogP contribution in [0.1, 0.15) is 39.2 Å². The smallest absolute Gasteiger partial charge is 0.239 e. The Morgan fingerprint density at radius 1 is 0.951 bits per heavy atom. The van der Waals surface area contributed by atoms with E-state index in [1.165, 1.54) is 7.11 Å². The van der Waals surface area contributed by atoms with Gasteiger partial charge in [0.05, 0.1) is 6.10 Å². The first-order valence-electron chi connectivity index (χ1n) is 13.6. The molecular weight excluding hydrogens is 532 g/mol. The lowest BCUT2D eigenvalue weighted by atomic mass is 9.57. The maximum atomic E-state index is 14.2. The van der Waals surface area contributed by atoms with Gasteiger partial charge in [-0.3, -0.25) is 4.79 Å². The van der Waals surface area contributed by atoms with E-state index in [1.807, 2.05) is 6.92 Å². The van der Waals surface area contributed by atoms with Gasteiger partial charge in [-0.1, -0.05) is 13.8 Å². The van der Waals surface area contributed by atoms with E-state index in [2.05, 4.69) is 13.8 Å². The molecule has 2 heterocycles. The molecule has 222 valence electrons. The molecule has 3 aromatic rings. The highest BCUT2D eigenvalue weighted by Crippen LogP contribution is 2.56. The van der Waals surface area contributed by atoms with Gasteiger partial charge in [-0.25, -0.2) is 0 Å². The Hall–Kier alpha value is -3.31. The lowest BCUT2D eigenvalue weighted by Gasteiger charge is -2.55. The van der Waals surface area contributed by atoms with Crippen LogP contribution in [0.2, 0.25) is 0 Å². The zero-order chi connectivity index (χ0) is 29.4. The molecule has 0 bridgehead atoms. The molecule has 1 saturated carbocycles. The molecule has 2 aromatic carbocycles. The van der Waals surface area contributed by atoms with Crippen LogP contribution in [0.5, 0.6) is 23.0 Å². The van der Waals surface area contributed by atoms with Crippen molar-refractivity contribution in [2.24, 2.45) is 11.3 Å². The fourth-order valence-electron chi connectivity index (χ4n) is 6.17. The highest BCUT2D eigenvalue weighted by molar-refractivity contribution is 5.90. The normalized spacial score (nSPS) is 22.9. The lowest BCUT2D eigenvalue weighted by Crippen LogP contribution is -2.58. The molecule has 0 spiro atoms. The molecule has 41 heavy (non-hydrogen) atoms. The van der Waals surface area contributed by atoms with Crippen molar-refractivity contribution in [2.45, 2.75) is 51.7 Å². The molecule has 3 atom stereocenters. The van der Waals surface area contributed by atoms with Crippen LogP contribution >= 0.6 is 0 Å². The monoisotopic (exact) mass is 570 g/mol.